The molecule has 1 aromatic carbocycles. The predicted octanol–water partition coefficient (Wildman–Crippen LogP) is 4.71. The predicted molar refractivity (Wildman–Crippen MR) is 84.3 cm³/mol. The van der Waals surface area contributed by atoms with E-state index in [9.17, 15) is 18.0 Å². The minimum absolute atomic E-state index is 0.202. The number of ether oxygens (including phenoxy) is 1. The number of carbonyl (C=O) groups is 1. The van der Waals surface area contributed by atoms with E-state index in [2.05, 4.69) is 19.4 Å². The molecule has 0 radical (unpaired) electrons. The molecule has 0 atom stereocenters. The van der Waals surface area contributed by atoms with Crippen LogP contribution in [-0.4, -0.2) is 23.0 Å². The number of nitrogens with one attached hydrogen (secondary N) is 1. The Morgan fingerprint density at radius 3 is 2.42 bits per heavy atom. The molecule has 2 rings (SSSR count). The average Bonchev–Trinajstić information content (AvgIpc) is 2.50. The van der Waals surface area contributed by atoms with Crippen LogP contribution in [0, 0.1) is 0 Å². The lowest BCUT2D eigenvalue weighted by atomic mass is 10.2. The third-order valence-electron chi connectivity index (χ3n) is 2.62. The van der Waals surface area contributed by atoms with Crippen molar-refractivity contribution in [2.24, 2.45) is 0 Å². The smallest absolute Gasteiger partial charge is 0.422 e. The van der Waals surface area contributed by atoms with Crippen LogP contribution >= 0.6 is 35.1 Å². The largest absolute Gasteiger partial charge is 0.465 e. The number of carbonyl (C=O) groups excluding carboxylic acids is 1. The second-order valence-electron chi connectivity index (χ2n) is 4.23. The van der Waals surface area contributed by atoms with E-state index >= 15 is 0 Å². The van der Waals surface area contributed by atoms with Crippen LogP contribution < -0.4 is 4.72 Å². The Balaban J connectivity index is 2.17. The van der Waals surface area contributed by atoms with E-state index in [4.69, 9.17) is 23.2 Å². The minimum atomic E-state index is -4.76. The summed E-state index contributed by atoms with van der Waals surface area (Å²) >= 11 is 12.0. The fraction of sp³-hybridized carbons (Fsp3) is 0.154. The normalized spacial score (nSPS) is 11.2. The highest BCUT2D eigenvalue weighted by atomic mass is 35.5. The summed E-state index contributed by atoms with van der Waals surface area (Å²) in [6, 6.07) is 6.36. The van der Waals surface area contributed by atoms with Crippen molar-refractivity contribution in [1.82, 2.24) is 9.97 Å². The Hall–Kier alpha value is -1.71. The molecule has 1 aromatic heterocycles. The van der Waals surface area contributed by atoms with Gasteiger partial charge in [-0.2, -0.15) is 23.1 Å². The standard InChI is InChI=1S/C13H8Cl2F3N3O2S/c1-23-11(22)6-3-2-4-7(5-6)24-21-12-19-9(14)8(10(15)20-12)13(16,17)18/h2-5H,1H3,(H,19,20,21). The first-order valence-corrected chi connectivity index (χ1v) is 7.71. The second kappa shape index (κ2) is 7.45. The van der Waals surface area contributed by atoms with E-state index in [-0.39, 0.29) is 5.95 Å². The molecule has 0 unspecified atom stereocenters. The van der Waals surface area contributed by atoms with Crippen LogP contribution in [0.15, 0.2) is 29.2 Å². The number of benzene rings is 1. The molecule has 0 saturated carbocycles. The van der Waals surface area contributed by atoms with Crippen LogP contribution in [0.4, 0.5) is 19.1 Å². The zero-order valence-electron chi connectivity index (χ0n) is 11.8. The van der Waals surface area contributed by atoms with Gasteiger partial charge in [-0.15, -0.1) is 0 Å². The number of methoxy groups -OCH3 is 1. The summed E-state index contributed by atoms with van der Waals surface area (Å²) in [4.78, 5) is 19.1. The van der Waals surface area contributed by atoms with Crippen LogP contribution in [0.1, 0.15) is 15.9 Å². The molecule has 1 heterocycles. The number of halogens is 5. The molecule has 0 aliphatic heterocycles. The highest BCUT2D eigenvalue weighted by molar-refractivity contribution is 8.00. The molecule has 24 heavy (non-hydrogen) atoms. The Kier molecular flexibility index (Phi) is 5.79. The summed E-state index contributed by atoms with van der Waals surface area (Å²) in [5, 5.41) is -1.62. The van der Waals surface area contributed by atoms with E-state index < -0.39 is 28.0 Å². The molecular formula is C13H8Cl2F3N3O2S. The molecule has 5 nitrogen and oxygen atoms in total. The first-order chi connectivity index (χ1) is 11.2. The third kappa shape index (κ3) is 4.43. The quantitative estimate of drug-likeness (QED) is 0.457. The Morgan fingerprint density at radius 2 is 1.88 bits per heavy atom. The number of rotatable bonds is 4. The minimum Gasteiger partial charge on any atom is -0.465 e. The van der Waals surface area contributed by atoms with E-state index in [1.807, 2.05) is 0 Å². The molecule has 2 aromatic rings. The van der Waals surface area contributed by atoms with Gasteiger partial charge in [0.2, 0.25) is 5.95 Å². The van der Waals surface area contributed by atoms with Gasteiger partial charge in [-0.25, -0.2) is 4.79 Å². The maximum atomic E-state index is 12.7. The Bertz CT molecular complexity index is 751. The number of alkyl halides is 3. The van der Waals surface area contributed by atoms with Gasteiger partial charge in [-0.1, -0.05) is 29.3 Å². The first-order valence-electron chi connectivity index (χ1n) is 6.14. The fourth-order valence-electron chi connectivity index (χ4n) is 1.60. The van der Waals surface area contributed by atoms with Gasteiger partial charge in [0.25, 0.3) is 0 Å². The van der Waals surface area contributed by atoms with E-state index in [0.29, 0.717) is 10.5 Å². The van der Waals surface area contributed by atoms with E-state index in [0.717, 1.165) is 11.9 Å². The van der Waals surface area contributed by atoms with Crippen molar-refractivity contribution in [2.45, 2.75) is 11.1 Å². The van der Waals surface area contributed by atoms with Crippen LogP contribution in [0.25, 0.3) is 0 Å². The number of esters is 1. The van der Waals surface area contributed by atoms with Gasteiger partial charge in [0.15, 0.2) is 0 Å². The number of anilines is 1. The molecule has 0 amide bonds. The molecule has 0 bridgehead atoms. The molecule has 0 aliphatic rings. The first kappa shape index (κ1) is 18.6. The van der Waals surface area contributed by atoms with Gasteiger partial charge in [-0.05, 0) is 30.1 Å². The molecule has 0 fully saturated rings. The summed E-state index contributed by atoms with van der Waals surface area (Å²) < 4.78 is 45.4. The van der Waals surface area contributed by atoms with Crippen LogP contribution in [0.3, 0.4) is 0 Å². The maximum absolute atomic E-state index is 12.7. The van der Waals surface area contributed by atoms with Gasteiger partial charge in [0.05, 0.1) is 12.7 Å². The molecular weight excluding hydrogens is 390 g/mol. The van der Waals surface area contributed by atoms with Gasteiger partial charge >= 0.3 is 12.1 Å². The van der Waals surface area contributed by atoms with Gasteiger partial charge in [0.1, 0.15) is 15.9 Å². The van der Waals surface area contributed by atoms with Crippen LogP contribution in [-0.2, 0) is 10.9 Å². The van der Waals surface area contributed by atoms with E-state index in [1.54, 1.807) is 18.2 Å². The lowest BCUT2D eigenvalue weighted by molar-refractivity contribution is -0.137. The van der Waals surface area contributed by atoms with Gasteiger partial charge in [0, 0.05) is 4.90 Å². The van der Waals surface area contributed by atoms with Crippen molar-refractivity contribution in [3.8, 4) is 0 Å². The zero-order chi connectivity index (χ0) is 17.9. The molecule has 1 N–H and O–H groups in total. The number of nitrogens with zero attached hydrogens (tertiary/aromatic N) is 2. The second-order valence-corrected chi connectivity index (χ2v) is 5.82. The average molecular weight is 398 g/mol. The van der Waals surface area contributed by atoms with Crippen molar-refractivity contribution in [3.05, 3.63) is 45.7 Å². The summed E-state index contributed by atoms with van der Waals surface area (Å²) in [6.07, 6.45) is -4.76. The molecule has 0 saturated heterocycles. The molecule has 0 spiro atoms. The summed E-state index contributed by atoms with van der Waals surface area (Å²) in [5.74, 6) is -0.721. The Labute approximate surface area is 148 Å². The topological polar surface area (TPSA) is 64.1 Å². The summed E-state index contributed by atoms with van der Waals surface area (Å²) in [7, 11) is 1.25. The molecule has 128 valence electrons. The van der Waals surface area contributed by atoms with Crippen molar-refractivity contribution >= 4 is 47.1 Å². The number of hydrogen-bond acceptors (Lipinski definition) is 6. The maximum Gasteiger partial charge on any atom is 0.422 e. The highest BCUT2D eigenvalue weighted by Crippen LogP contribution is 2.38. The van der Waals surface area contributed by atoms with Crippen molar-refractivity contribution in [2.75, 3.05) is 11.8 Å². The lowest BCUT2D eigenvalue weighted by Crippen LogP contribution is -2.10. The highest BCUT2D eigenvalue weighted by Gasteiger charge is 2.38. The zero-order valence-corrected chi connectivity index (χ0v) is 14.1. The third-order valence-corrected chi connectivity index (χ3v) is 3.94. The van der Waals surface area contributed by atoms with Crippen molar-refractivity contribution in [3.63, 3.8) is 0 Å². The fourth-order valence-corrected chi connectivity index (χ4v) is 2.83. The van der Waals surface area contributed by atoms with Crippen molar-refractivity contribution in [1.29, 1.82) is 0 Å². The monoisotopic (exact) mass is 397 g/mol. The lowest BCUT2D eigenvalue weighted by Gasteiger charge is -2.11. The van der Waals surface area contributed by atoms with Crippen LogP contribution in [0.2, 0.25) is 10.3 Å². The van der Waals surface area contributed by atoms with Crippen molar-refractivity contribution < 1.29 is 22.7 Å². The van der Waals surface area contributed by atoms with Gasteiger partial charge in [-0.3, -0.25) is 4.72 Å². The van der Waals surface area contributed by atoms with E-state index in [1.165, 1.54) is 13.2 Å². The SMILES string of the molecule is COC(=O)c1cccc(SNc2nc(Cl)c(C(F)(F)F)c(Cl)n2)c1. The summed E-state index contributed by atoms with van der Waals surface area (Å²) in [6.45, 7) is 0. The van der Waals surface area contributed by atoms with Crippen LogP contribution in [0.5, 0.6) is 0 Å². The number of aromatic nitrogens is 2. The number of hydrogen-bond donors (Lipinski definition) is 1. The molecule has 11 heteroatoms. The summed E-state index contributed by atoms with van der Waals surface area (Å²) in [5.41, 5.74) is -0.984. The Morgan fingerprint density at radius 1 is 1.25 bits per heavy atom. The van der Waals surface area contributed by atoms with Gasteiger partial charge < -0.3 is 4.74 Å². The molecule has 0 aliphatic carbocycles.